The number of aromatic nitrogens is 4. The van der Waals surface area contributed by atoms with Crippen LogP contribution in [0.3, 0.4) is 0 Å². The predicted octanol–water partition coefficient (Wildman–Crippen LogP) is 7.19. The molecule has 52 heavy (non-hydrogen) atoms. The Balaban J connectivity index is 1.09. The standard InChI is InChI=1S/C38H40Cl2N8O4/c1-38(2,3)52-37(51)48-16-13-30-29(21-48)44-35(46(30)4)36(50)45-28-10-6-8-26(32(28)40)25-7-5-9-27(31(25)39)43-34-33-23(11-14-41-34)17-22(18-42-33)19-47-15-12-24(49)20-47/h5-11,14,17-18,24,49H,12-13,15-16,19-21H2,1-4H3,(H,41,43)(H,45,50)/t24-/m1/s1. The molecule has 7 rings (SSSR count). The lowest BCUT2D eigenvalue weighted by Crippen LogP contribution is -2.40. The number of fused-ring (bicyclic) bond motifs is 2. The number of rotatable bonds is 7. The van der Waals surface area contributed by atoms with Crippen LogP contribution in [-0.4, -0.2) is 77.8 Å². The number of amides is 2. The van der Waals surface area contributed by atoms with Gasteiger partial charge in [-0.3, -0.25) is 14.7 Å². The molecule has 2 aromatic carbocycles. The molecule has 14 heteroatoms. The van der Waals surface area contributed by atoms with Crippen LogP contribution in [0, 0.1) is 0 Å². The van der Waals surface area contributed by atoms with Crippen LogP contribution in [0.5, 0.6) is 0 Å². The molecule has 1 fully saturated rings. The van der Waals surface area contributed by atoms with Crippen LogP contribution in [0.2, 0.25) is 10.0 Å². The van der Waals surface area contributed by atoms with Gasteiger partial charge in [-0.05, 0) is 57.0 Å². The minimum atomic E-state index is -0.612. The normalized spacial score (nSPS) is 16.2. The van der Waals surface area contributed by atoms with E-state index in [1.165, 1.54) is 0 Å². The van der Waals surface area contributed by atoms with E-state index in [4.69, 9.17) is 32.9 Å². The van der Waals surface area contributed by atoms with Crippen molar-refractivity contribution >= 4 is 63.3 Å². The van der Waals surface area contributed by atoms with Gasteiger partial charge in [-0.1, -0.05) is 47.5 Å². The number of halogens is 2. The summed E-state index contributed by atoms with van der Waals surface area (Å²) in [5, 5.41) is 17.8. The first-order valence-corrected chi connectivity index (χ1v) is 17.9. The summed E-state index contributed by atoms with van der Waals surface area (Å²) in [7, 11) is 1.79. The number of benzene rings is 2. The van der Waals surface area contributed by atoms with E-state index in [-0.39, 0.29) is 18.5 Å². The number of carbonyl (C=O) groups excluding carboxylic acids is 2. The van der Waals surface area contributed by atoms with Gasteiger partial charge in [0.15, 0.2) is 11.6 Å². The quantitative estimate of drug-likeness (QED) is 0.158. The molecule has 2 amide bonds. The van der Waals surface area contributed by atoms with E-state index < -0.39 is 17.6 Å². The van der Waals surface area contributed by atoms with Gasteiger partial charge >= 0.3 is 6.09 Å². The summed E-state index contributed by atoms with van der Waals surface area (Å²) in [5.41, 5.74) is 4.98. The fourth-order valence-electron chi connectivity index (χ4n) is 6.69. The lowest BCUT2D eigenvalue weighted by molar-refractivity contribution is 0.0220. The molecule has 0 radical (unpaired) electrons. The van der Waals surface area contributed by atoms with Crippen LogP contribution in [0.4, 0.5) is 22.0 Å². The molecule has 0 saturated carbocycles. The van der Waals surface area contributed by atoms with Crippen LogP contribution >= 0.6 is 23.2 Å². The summed E-state index contributed by atoms with van der Waals surface area (Å²) < 4.78 is 7.30. The maximum absolute atomic E-state index is 13.6. The van der Waals surface area contributed by atoms with Gasteiger partial charge in [0.2, 0.25) is 0 Å². The third kappa shape index (κ3) is 7.42. The molecule has 3 N–H and O–H groups in total. The number of aliphatic hydroxyl groups is 1. The molecule has 1 atom stereocenters. The van der Waals surface area contributed by atoms with Crippen molar-refractivity contribution in [1.82, 2.24) is 29.3 Å². The number of pyridine rings is 2. The van der Waals surface area contributed by atoms with Crippen molar-refractivity contribution in [2.24, 2.45) is 7.05 Å². The second-order valence-electron chi connectivity index (χ2n) is 14.2. The number of nitrogens with zero attached hydrogens (tertiary/aromatic N) is 6. The number of β-amino-alcohol motifs (C(OH)–C–C–N with tert-alkyl or cyclic N) is 1. The van der Waals surface area contributed by atoms with Gasteiger partial charge in [0.25, 0.3) is 5.91 Å². The average Bonchev–Trinajstić information content (AvgIpc) is 3.67. The molecule has 2 aliphatic rings. The van der Waals surface area contributed by atoms with Crippen molar-refractivity contribution in [3.05, 3.63) is 93.7 Å². The lowest BCUT2D eigenvalue weighted by atomic mass is 10.0. The summed E-state index contributed by atoms with van der Waals surface area (Å²) in [5.74, 6) is 0.329. The fourth-order valence-corrected chi connectivity index (χ4v) is 7.24. The van der Waals surface area contributed by atoms with Gasteiger partial charge in [-0.2, -0.15) is 0 Å². The third-order valence-electron chi connectivity index (χ3n) is 9.21. The maximum atomic E-state index is 13.6. The van der Waals surface area contributed by atoms with Crippen molar-refractivity contribution in [1.29, 1.82) is 0 Å². The molecule has 2 aliphatic heterocycles. The molecular formula is C38H40Cl2N8O4. The predicted molar refractivity (Wildman–Crippen MR) is 202 cm³/mol. The number of hydrogen-bond acceptors (Lipinski definition) is 9. The molecule has 12 nitrogen and oxygen atoms in total. The SMILES string of the molecule is Cn1c(C(=O)Nc2cccc(-c3cccc(Nc4nccc5cc(CN6CC[C@@H](O)C6)cnc45)c3Cl)c2Cl)nc2c1CCN(C(=O)OC(C)(C)C)C2. The number of anilines is 3. The molecule has 5 heterocycles. The Hall–Kier alpha value is -4.75. The zero-order chi connectivity index (χ0) is 36.7. The average molecular weight is 744 g/mol. The summed E-state index contributed by atoms with van der Waals surface area (Å²) in [4.78, 5) is 44.0. The molecule has 0 spiro atoms. The van der Waals surface area contributed by atoms with E-state index in [1.54, 1.807) is 34.8 Å². The maximum Gasteiger partial charge on any atom is 0.410 e. The third-order valence-corrected chi connectivity index (χ3v) is 10.0. The van der Waals surface area contributed by atoms with E-state index >= 15 is 0 Å². The van der Waals surface area contributed by atoms with E-state index in [0.717, 1.165) is 36.2 Å². The van der Waals surface area contributed by atoms with Gasteiger partial charge < -0.3 is 29.9 Å². The minimum Gasteiger partial charge on any atom is -0.444 e. The highest BCUT2D eigenvalue weighted by molar-refractivity contribution is 6.39. The smallest absolute Gasteiger partial charge is 0.410 e. The number of hydrogen-bond donors (Lipinski definition) is 3. The Morgan fingerprint density at radius 1 is 1.02 bits per heavy atom. The highest BCUT2D eigenvalue weighted by atomic mass is 35.5. The van der Waals surface area contributed by atoms with Gasteiger partial charge in [0, 0.05) is 74.2 Å². The van der Waals surface area contributed by atoms with Gasteiger partial charge in [0.1, 0.15) is 11.1 Å². The topological polar surface area (TPSA) is 138 Å². The molecule has 5 aromatic rings. The van der Waals surface area contributed by atoms with Crippen molar-refractivity contribution < 1.29 is 19.4 Å². The Kier molecular flexibility index (Phi) is 9.83. The van der Waals surface area contributed by atoms with E-state index in [2.05, 4.69) is 31.6 Å². The van der Waals surface area contributed by atoms with Crippen molar-refractivity contribution in [2.75, 3.05) is 30.3 Å². The highest BCUT2D eigenvalue weighted by Crippen LogP contribution is 2.41. The van der Waals surface area contributed by atoms with E-state index in [0.29, 0.717) is 69.1 Å². The highest BCUT2D eigenvalue weighted by Gasteiger charge is 2.30. The van der Waals surface area contributed by atoms with Crippen LogP contribution in [0.15, 0.2) is 60.9 Å². The molecular weight excluding hydrogens is 703 g/mol. The number of likely N-dealkylation sites (tertiary alicyclic amines) is 1. The summed E-state index contributed by atoms with van der Waals surface area (Å²) >= 11 is 14.0. The number of imidazole rings is 1. The van der Waals surface area contributed by atoms with Gasteiger partial charge in [0.05, 0.1) is 39.8 Å². The summed E-state index contributed by atoms with van der Waals surface area (Å²) in [6.07, 6.45) is 4.21. The first kappa shape index (κ1) is 35.6. The Labute approximate surface area is 311 Å². The molecule has 0 unspecified atom stereocenters. The van der Waals surface area contributed by atoms with Crippen molar-refractivity contribution in [3.8, 4) is 11.1 Å². The second kappa shape index (κ2) is 14.3. The lowest BCUT2D eigenvalue weighted by Gasteiger charge is -2.29. The number of ether oxygens (including phenoxy) is 1. The fraction of sp³-hybridized carbons (Fsp3) is 0.342. The Morgan fingerprint density at radius 3 is 2.46 bits per heavy atom. The number of nitrogens with one attached hydrogen (secondary N) is 2. The van der Waals surface area contributed by atoms with Crippen LogP contribution in [0.1, 0.15) is 54.8 Å². The Bertz CT molecular complexity index is 2180. The Morgan fingerprint density at radius 2 is 1.75 bits per heavy atom. The number of carbonyl (C=O) groups is 2. The van der Waals surface area contributed by atoms with E-state index in [1.807, 2.05) is 57.3 Å². The van der Waals surface area contributed by atoms with Gasteiger partial charge in [-0.15, -0.1) is 0 Å². The molecule has 1 saturated heterocycles. The molecule has 0 bridgehead atoms. The first-order valence-electron chi connectivity index (χ1n) is 17.2. The van der Waals surface area contributed by atoms with Crippen molar-refractivity contribution in [3.63, 3.8) is 0 Å². The second-order valence-corrected chi connectivity index (χ2v) is 15.0. The minimum absolute atomic E-state index is 0.208. The number of aliphatic hydroxyl groups excluding tert-OH is 1. The zero-order valence-electron chi connectivity index (χ0n) is 29.4. The monoisotopic (exact) mass is 742 g/mol. The van der Waals surface area contributed by atoms with Crippen LogP contribution < -0.4 is 10.6 Å². The first-order chi connectivity index (χ1) is 24.8. The summed E-state index contributed by atoms with van der Waals surface area (Å²) in [6.45, 7) is 8.44. The largest absolute Gasteiger partial charge is 0.444 e. The zero-order valence-corrected chi connectivity index (χ0v) is 30.9. The van der Waals surface area contributed by atoms with Crippen LogP contribution in [0.25, 0.3) is 22.0 Å². The molecule has 270 valence electrons. The molecule has 0 aliphatic carbocycles. The van der Waals surface area contributed by atoms with Crippen molar-refractivity contribution in [2.45, 2.75) is 58.4 Å². The van der Waals surface area contributed by atoms with Crippen LogP contribution in [-0.2, 0) is 31.3 Å². The molecule has 3 aromatic heterocycles. The summed E-state index contributed by atoms with van der Waals surface area (Å²) in [6, 6.07) is 15.0. The van der Waals surface area contributed by atoms with E-state index in [9.17, 15) is 14.7 Å². The van der Waals surface area contributed by atoms with Gasteiger partial charge in [-0.25, -0.2) is 14.8 Å².